The molecule has 0 fully saturated rings. The third-order valence-electron chi connectivity index (χ3n) is 4.17. The van der Waals surface area contributed by atoms with Crippen LogP contribution in [0.5, 0.6) is 0 Å². The quantitative estimate of drug-likeness (QED) is 0.313. The average Bonchev–Trinajstić information content (AvgIpc) is 2.47. The summed E-state index contributed by atoms with van der Waals surface area (Å²) in [6, 6.07) is 0. The van der Waals surface area contributed by atoms with Gasteiger partial charge in [-0.15, -0.1) is 0 Å². The van der Waals surface area contributed by atoms with E-state index in [1.165, 1.54) is 44.9 Å². The fourth-order valence-electron chi connectivity index (χ4n) is 2.59. The van der Waals surface area contributed by atoms with E-state index in [-0.39, 0.29) is 42.4 Å². The molecule has 0 radical (unpaired) electrons. The molecule has 0 aromatic carbocycles. The van der Waals surface area contributed by atoms with Gasteiger partial charge in [-0.25, -0.2) is 0 Å². The molecule has 5 nitrogen and oxygen atoms in total. The van der Waals surface area contributed by atoms with Gasteiger partial charge in [0.05, 0.1) is 11.5 Å². The Morgan fingerprint density at radius 3 is 1.74 bits per heavy atom. The molecule has 0 amide bonds. The summed E-state index contributed by atoms with van der Waals surface area (Å²) in [7, 11) is 0. The smallest absolute Gasteiger partial charge is 0.548 e. The first kappa shape index (κ1) is 25.1. The molecule has 130 valence electrons. The first-order chi connectivity index (χ1) is 10.4. The van der Waals surface area contributed by atoms with Crippen LogP contribution in [-0.2, 0) is 9.59 Å². The Balaban J connectivity index is 0. The van der Waals surface area contributed by atoms with Gasteiger partial charge in [0.1, 0.15) is 0 Å². The molecule has 23 heavy (non-hydrogen) atoms. The fourth-order valence-corrected chi connectivity index (χ4v) is 2.59. The van der Waals surface area contributed by atoms with Crippen LogP contribution in [0.3, 0.4) is 0 Å². The van der Waals surface area contributed by atoms with Crippen LogP contribution in [0.2, 0.25) is 0 Å². The van der Waals surface area contributed by atoms with Crippen LogP contribution in [0.25, 0.3) is 0 Å². The van der Waals surface area contributed by atoms with E-state index in [4.69, 9.17) is 10.8 Å². The van der Waals surface area contributed by atoms with Crippen LogP contribution < -0.4 is 40.4 Å². The van der Waals surface area contributed by atoms with Crippen LogP contribution in [0.15, 0.2) is 0 Å². The van der Waals surface area contributed by atoms with Crippen molar-refractivity contribution in [2.45, 2.75) is 95.9 Å². The second-order valence-corrected chi connectivity index (χ2v) is 6.27. The van der Waals surface area contributed by atoms with Gasteiger partial charge in [0, 0.05) is 6.42 Å². The van der Waals surface area contributed by atoms with Crippen molar-refractivity contribution < 1.29 is 49.4 Å². The molecule has 0 unspecified atom stereocenters. The number of nitrogens with two attached hydrogens (primary N) is 1. The van der Waals surface area contributed by atoms with Crippen LogP contribution in [0, 0.1) is 0 Å². The van der Waals surface area contributed by atoms with Gasteiger partial charge in [-0.05, 0) is 12.8 Å². The maximum atomic E-state index is 11.1. The molecule has 1 atom stereocenters. The van der Waals surface area contributed by atoms with Gasteiger partial charge in [-0.3, -0.25) is 4.79 Å². The predicted octanol–water partition coefficient (Wildman–Crippen LogP) is -0.386. The maximum Gasteiger partial charge on any atom is 1.00 e. The van der Waals surface area contributed by atoms with Crippen molar-refractivity contribution in [3.05, 3.63) is 0 Å². The molecule has 0 aliphatic rings. The molecule has 0 bridgehead atoms. The van der Waals surface area contributed by atoms with Crippen molar-refractivity contribution in [3.8, 4) is 0 Å². The molecular formula is C17H32NNaO4. The van der Waals surface area contributed by atoms with E-state index < -0.39 is 17.5 Å². The van der Waals surface area contributed by atoms with Crippen LogP contribution >= 0.6 is 0 Å². The van der Waals surface area contributed by atoms with Crippen molar-refractivity contribution in [3.63, 3.8) is 0 Å². The Morgan fingerprint density at radius 1 is 0.913 bits per heavy atom. The molecule has 0 heterocycles. The Hall–Kier alpha value is -0.100. The third kappa shape index (κ3) is 14.0. The molecule has 0 aromatic heterocycles. The van der Waals surface area contributed by atoms with Crippen molar-refractivity contribution in [1.29, 1.82) is 0 Å². The normalized spacial score (nSPS) is 13.1. The van der Waals surface area contributed by atoms with Crippen LogP contribution in [-0.4, -0.2) is 22.6 Å². The number of rotatable bonds is 15. The van der Waals surface area contributed by atoms with E-state index >= 15 is 0 Å². The second-order valence-electron chi connectivity index (χ2n) is 6.27. The second kappa shape index (κ2) is 15.4. The molecule has 0 saturated heterocycles. The van der Waals surface area contributed by atoms with E-state index in [2.05, 4.69) is 6.92 Å². The Bertz CT molecular complexity index is 326. The summed E-state index contributed by atoms with van der Waals surface area (Å²) in [4.78, 5) is 21.6. The van der Waals surface area contributed by atoms with Gasteiger partial charge in [0.15, 0.2) is 0 Å². The van der Waals surface area contributed by atoms with Crippen LogP contribution in [0.1, 0.15) is 90.4 Å². The molecule has 0 rings (SSSR count). The topological polar surface area (TPSA) is 103 Å². The summed E-state index contributed by atoms with van der Waals surface area (Å²) in [6.45, 7) is 2.21. The molecular weight excluding hydrogens is 305 g/mol. The van der Waals surface area contributed by atoms with E-state index in [1.54, 1.807) is 0 Å². The summed E-state index contributed by atoms with van der Waals surface area (Å²) in [5.41, 5.74) is 4.27. The summed E-state index contributed by atoms with van der Waals surface area (Å²) in [6.07, 6.45) is 11.6. The SMILES string of the molecule is CCCCCCCCCCCC[C@@](N)(CCC(=O)O)C(=O)[O-].[Na+]. The number of hydrogen-bond acceptors (Lipinski definition) is 4. The minimum atomic E-state index is -1.50. The van der Waals surface area contributed by atoms with Crippen molar-refractivity contribution in [1.82, 2.24) is 0 Å². The van der Waals surface area contributed by atoms with E-state index in [9.17, 15) is 14.7 Å². The van der Waals surface area contributed by atoms with Gasteiger partial charge >= 0.3 is 35.5 Å². The Kier molecular flexibility index (Phi) is 16.9. The first-order valence-corrected chi connectivity index (χ1v) is 8.64. The molecule has 6 heteroatoms. The maximum absolute atomic E-state index is 11.1. The van der Waals surface area contributed by atoms with Gasteiger partial charge < -0.3 is 20.7 Å². The number of carboxylic acid groups (broad SMARTS) is 2. The number of carbonyl (C=O) groups is 2. The Morgan fingerprint density at radius 2 is 1.35 bits per heavy atom. The van der Waals surface area contributed by atoms with E-state index in [1.807, 2.05) is 0 Å². The van der Waals surface area contributed by atoms with E-state index in [0.717, 1.165) is 12.8 Å². The van der Waals surface area contributed by atoms with Crippen molar-refractivity contribution in [2.24, 2.45) is 5.73 Å². The monoisotopic (exact) mass is 337 g/mol. The van der Waals surface area contributed by atoms with Gasteiger partial charge in [-0.2, -0.15) is 0 Å². The number of carboxylic acids is 2. The van der Waals surface area contributed by atoms with Crippen LogP contribution in [0.4, 0.5) is 0 Å². The molecule has 0 aromatic rings. The predicted molar refractivity (Wildman–Crippen MR) is 85.3 cm³/mol. The fraction of sp³-hybridized carbons (Fsp3) is 0.882. The minimum absolute atomic E-state index is 0. The molecule has 3 N–H and O–H groups in total. The average molecular weight is 337 g/mol. The number of carbonyl (C=O) groups excluding carboxylic acids is 1. The van der Waals surface area contributed by atoms with Crippen molar-refractivity contribution in [2.75, 3.05) is 0 Å². The number of hydrogen-bond donors (Lipinski definition) is 2. The third-order valence-corrected chi connectivity index (χ3v) is 4.17. The zero-order valence-electron chi connectivity index (χ0n) is 14.9. The standard InChI is InChI=1S/C17H33NO4.Na/c1-2-3-4-5-6-7-8-9-10-11-13-17(18,16(21)22)14-12-15(19)20;/h2-14,18H2,1H3,(H,19,20)(H,21,22);/q;+1/p-1/t17-;/m1./s1. The summed E-state index contributed by atoms with van der Waals surface area (Å²) in [5.74, 6) is -2.37. The summed E-state index contributed by atoms with van der Waals surface area (Å²) in [5, 5.41) is 19.7. The molecule has 0 aliphatic carbocycles. The number of aliphatic carboxylic acids is 2. The largest absolute Gasteiger partial charge is 1.00 e. The number of unbranched alkanes of at least 4 members (excludes halogenated alkanes) is 9. The zero-order chi connectivity index (χ0) is 16.8. The van der Waals surface area contributed by atoms with Gasteiger partial charge in [0.2, 0.25) is 0 Å². The molecule has 0 aliphatic heterocycles. The van der Waals surface area contributed by atoms with E-state index in [0.29, 0.717) is 12.8 Å². The minimum Gasteiger partial charge on any atom is -0.548 e. The first-order valence-electron chi connectivity index (χ1n) is 8.64. The van der Waals surface area contributed by atoms with Crippen molar-refractivity contribution >= 4 is 11.9 Å². The van der Waals surface area contributed by atoms with Gasteiger partial charge in [-0.1, -0.05) is 71.1 Å². The molecule has 0 spiro atoms. The van der Waals surface area contributed by atoms with Gasteiger partial charge in [0.25, 0.3) is 0 Å². The molecule has 0 saturated carbocycles. The summed E-state index contributed by atoms with van der Waals surface area (Å²) >= 11 is 0. The zero-order valence-corrected chi connectivity index (χ0v) is 16.9. The summed E-state index contributed by atoms with van der Waals surface area (Å²) < 4.78 is 0. The Labute approximate surface area is 162 Å².